The van der Waals surface area contributed by atoms with Crippen molar-refractivity contribution >= 4 is 23.2 Å². The number of piperidine rings is 1. The molecule has 2 atom stereocenters. The number of hydrogen-bond acceptors (Lipinski definition) is 1. The summed E-state index contributed by atoms with van der Waals surface area (Å²) in [4.78, 5) is 2.57. The molecular weight excluding hydrogens is 253 g/mol. The number of nitrogens with zero attached hydrogens (tertiary/aromatic N) is 1. The van der Waals surface area contributed by atoms with Crippen LogP contribution < -0.4 is 0 Å². The quantitative estimate of drug-likeness (QED) is 0.785. The van der Waals surface area contributed by atoms with Crippen LogP contribution in [0.4, 0.5) is 0 Å². The van der Waals surface area contributed by atoms with Crippen molar-refractivity contribution in [1.82, 2.24) is 4.90 Å². The first-order chi connectivity index (χ1) is 8.03. The Kier molecular flexibility index (Phi) is 2.70. The van der Waals surface area contributed by atoms with Crippen molar-refractivity contribution in [3.63, 3.8) is 0 Å². The van der Waals surface area contributed by atoms with Crippen LogP contribution in [-0.4, -0.2) is 24.0 Å². The summed E-state index contributed by atoms with van der Waals surface area (Å²) in [6, 6.07) is 6.79. The van der Waals surface area contributed by atoms with Crippen molar-refractivity contribution in [2.45, 2.75) is 31.7 Å². The molecule has 1 aliphatic carbocycles. The van der Waals surface area contributed by atoms with Crippen molar-refractivity contribution in [3.8, 4) is 0 Å². The Balaban J connectivity index is 1.88. The van der Waals surface area contributed by atoms with Crippen LogP contribution in [0.25, 0.3) is 0 Å². The van der Waals surface area contributed by atoms with E-state index in [1.54, 1.807) is 0 Å². The molecule has 92 valence electrons. The maximum Gasteiger partial charge on any atom is 0.0595 e. The molecule has 1 saturated carbocycles. The minimum Gasteiger partial charge on any atom is -0.300 e. The fraction of sp³-hybridized carbons (Fsp3) is 0.571. The minimum atomic E-state index is 0.374. The van der Waals surface area contributed by atoms with Gasteiger partial charge in [-0.05, 0) is 43.9 Å². The van der Waals surface area contributed by atoms with Gasteiger partial charge in [0.15, 0.2) is 0 Å². The molecule has 1 aromatic rings. The first-order valence-corrected chi connectivity index (χ1v) is 6.98. The van der Waals surface area contributed by atoms with Crippen LogP contribution in [0.3, 0.4) is 0 Å². The van der Waals surface area contributed by atoms with Gasteiger partial charge in [-0.1, -0.05) is 29.3 Å². The van der Waals surface area contributed by atoms with E-state index in [-0.39, 0.29) is 0 Å². The second kappa shape index (κ2) is 3.88. The average Bonchev–Trinajstić information content (AvgIpc) is 2.85. The summed E-state index contributed by atoms with van der Waals surface area (Å²) in [5.74, 6) is 0.821. The lowest BCUT2D eigenvalue weighted by Crippen LogP contribution is -2.32. The minimum absolute atomic E-state index is 0.374. The molecule has 0 spiro atoms. The van der Waals surface area contributed by atoms with E-state index in [2.05, 4.69) is 30.9 Å². The summed E-state index contributed by atoms with van der Waals surface area (Å²) in [6.45, 7) is 6.95. The Morgan fingerprint density at radius 3 is 2.65 bits per heavy atom. The normalized spacial score (nSPS) is 31.9. The lowest BCUT2D eigenvalue weighted by atomic mass is 9.95. The molecular formula is C14H17Cl2N. The lowest BCUT2D eigenvalue weighted by molar-refractivity contribution is 0.243. The van der Waals surface area contributed by atoms with Crippen LogP contribution >= 0.6 is 23.2 Å². The summed E-state index contributed by atoms with van der Waals surface area (Å²) in [6.07, 6.45) is 1.31. The Morgan fingerprint density at radius 2 is 2.06 bits per heavy atom. The van der Waals surface area contributed by atoms with Crippen molar-refractivity contribution in [2.75, 3.05) is 13.1 Å². The number of fused-ring (bicyclic) bond motifs is 1. The zero-order chi connectivity index (χ0) is 12.2. The molecule has 3 rings (SSSR count). The van der Waals surface area contributed by atoms with Gasteiger partial charge in [-0.25, -0.2) is 0 Å². The topological polar surface area (TPSA) is 3.24 Å². The van der Waals surface area contributed by atoms with Gasteiger partial charge < -0.3 is 0 Å². The van der Waals surface area contributed by atoms with Gasteiger partial charge in [0.2, 0.25) is 0 Å². The number of hydrogen-bond donors (Lipinski definition) is 0. The molecule has 0 radical (unpaired) electrons. The lowest BCUT2D eigenvalue weighted by Gasteiger charge is -2.24. The molecule has 1 saturated heterocycles. The highest BCUT2D eigenvalue weighted by Crippen LogP contribution is 2.59. The van der Waals surface area contributed by atoms with Crippen LogP contribution in [0.5, 0.6) is 0 Å². The first-order valence-electron chi connectivity index (χ1n) is 6.22. The van der Waals surface area contributed by atoms with E-state index in [1.807, 2.05) is 6.07 Å². The van der Waals surface area contributed by atoms with Crippen molar-refractivity contribution in [2.24, 2.45) is 5.92 Å². The number of benzene rings is 1. The Bertz CT molecular complexity index is 458. The van der Waals surface area contributed by atoms with Crippen LogP contribution in [0.15, 0.2) is 18.2 Å². The molecule has 0 unspecified atom stereocenters. The predicted molar refractivity (Wildman–Crippen MR) is 73.0 cm³/mol. The highest BCUT2D eigenvalue weighted by molar-refractivity contribution is 6.42. The molecule has 0 N–H and O–H groups in total. The van der Waals surface area contributed by atoms with Crippen molar-refractivity contribution in [3.05, 3.63) is 33.8 Å². The number of likely N-dealkylation sites (tertiary alicyclic amines) is 1. The maximum atomic E-state index is 6.13. The SMILES string of the molecule is CC(C)N1C[C@@H]2C[C@]2(c2ccc(Cl)c(Cl)c2)C1. The number of rotatable bonds is 2. The molecule has 1 aliphatic heterocycles. The highest BCUT2D eigenvalue weighted by atomic mass is 35.5. The van der Waals surface area contributed by atoms with Gasteiger partial charge in [-0.2, -0.15) is 0 Å². The van der Waals surface area contributed by atoms with Gasteiger partial charge in [0.25, 0.3) is 0 Å². The summed E-state index contributed by atoms with van der Waals surface area (Å²) >= 11 is 12.1. The van der Waals surface area contributed by atoms with Gasteiger partial charge in [-0.15, -0.1) is 0 Å². The molecule has 1 heterocycles. The molecule has 17 heavy (non-hydrogen) atoms. The third kappa shape index (κ3) is 1.80. The van der Waals surface area contributed by atoms with Gasteiger partial charge in [0.05, 0.1) is 10.0 Å². The van der Waals surface area contributed by atoms with E-state index >= 15 is 0 Å². The van der Waals surface area contributed by atoms with E-state index < -0.39 is 0 Å². The van der Waals surface area contributed by atoms with Gasteiger partial charge >= 0.3 is 0 Å². The van der Waals surface area contributed by atoms with Gasteiger partial charge in [0.1, 0.15) is 0 Å². The monoisotopic (exact) mass is 269 g/mol. The summed E-state index contributed by atoms with van der Waals surface area (Å²) in [7, 11) is 0. The molecule has 2 fully saturated rings. The molecule has 1 nitrogen and oxygen atoms in total. The van der Waals surface area contributed by atoms with Crippen LogP contribution in [-0.2, 0) is 5.41 Å². The maximum absolute atomic E-state index is 6.13. The summed E-state index contributed by atoms with van der Waals surface area (Å²) < 4.78 is 0. The fourth-order valence-corrected chi connectivity index (χ4v) is 3.47. The van der Waals surface area contributed by atoms with Gasteiger partial charge in [-0.3, -0.25) is 4.90 Å². The molecule has 0 aromatic heterocycles. The standard InChI is InChI=1S/C14H17Cl2N/c1-9(2)17-7-11-6-14(11,8-17)10-3-4-12(15)13(16)5-10/h3-5,9,11H,6-8H2,1-2H3/t11-,14+/m0/s1. The van der Waals surface area contributed by atoms with E-state index in [0.29, 0.717) is 21.5 Å². The summed E-state index contributed by atoms with van der Waals surface area (Å²) in [5, 5.41) is 1.34. The van der Waals surface area contributed by atoms with Gasteiger partial charge in [0, 0.05) is 24.5 Å². The Labute approximate surface area is 113 Å². The Morgan fingerprint density at radius 1 is 1.29 bits per heavy atom. The van der Waals surface area contributed by atoms with E-state index in [4.69, 9.17) is 23.2 Å². The second-order valence-corrected chi connectivity index (χ2v) is 6.52. The van der Waals surface area contributed by atoms with E-state index in [1.165, 1.54) is 25.1 Å². The van der Waals surface area contributed by atoms with E-state index in [0.717, 1.165) is 5.92 Å². The highest BCUT2D eigenvalue weighted by Gasteiger charge is 2.60. The van der Waals surface area contributed by atoms with Crippen LogP contribution in [0.1, 0.15) is 25.8 Å². The zero-order valence-electron chi connectivity index (χ0n) is 10.2. The molecule has 1 aromatic carbocycles. The molecule has 0 amide bonds. The molecule has 0 bridgehead atoms. The van der Waals surface area contributed by atoms with Crippen molar-refractivity contribution < 1.29 is 0 Å². The second-order valence-electron chi connectivity index (χ2n) is 5.71. The smallest absolute Gasteiger partial charge is 0.0595 e. The third-order valence-corrected chi connectivity index (χ3v) is 5.14. The zero-order valence-corrected chi connectivity index (χ0v) is 11.7. The summed E-state index contributed by atoms with van der Waals surface area (Å²) in [5.41, 5.74) is 1.75. The molecule has 2 aliphatic rings. The largest absolute Gasteiger partial charge is 0.300 e. The third-order valence-electron chi connectivity index (χ3n) is 4.40. The van der Waals surface area contributed by atoms with Crippen LogP contribution in [0, 0.1) is 5.92 Å². The van der Waals surface area contributed by atoms with Crippen molar-refractivity contribution in [1.29, 1.82) is 0 Å². The number of halogens is 2. The van der Waals surface area contributed by atoms with E-state index in [9.17, 15) is 0 Å². The Hall–Kier alpha value is -0.240. The predicted octanol–water partition coefficient (Wildman–Crippen LogP) is 3.98. The average molecular weight is 270 g/mol. The fourth-order valence-electron chi connectivity index (χ4n) is 3.17. The molecule has 3 heteroatoms. The van der Waals surface area contributed by atoms with Crippen LogP contribution in [0.2, 0.25) is 10.0 Å². The first kappa shape index (κ1) is 11.8.